The van der Waals surface area contributed by atoms with Gasteiger partial charge in [-0.1, -0.05) is 23.7 Å². The highest BCUT2D eigenvalue weighted by Gasteiger charge is 2.22. The third kappa shape index (κ3) is 2.99. The summed E-state index contributed by atoms with van der Waals surface area (Å²) >= 11 is 5.97. The van der Waals surface area contributed by atoms with E-state index in [0.29, 0.717) is 33.9 Å². The van der Waals surface area contributed by atoms with Crippen molar-refractivity contribution in [1.29, 1.82) is 0 Å². The molecule has 0 aliphatic carbocycles. The number of pyridine rings is 1. The lowest BCUT2D eigenvalue weighted by molar-refractivity contribution is 0.102. The van der Waals surface area contributed by atoms with Crippen molar-refractivity contribution < 1.29 is 14.6 Å². The van der Waals surface area contributed by atoms with Gasteiger partial charge in [0.05, 0.1) is 18.3 Å². The summed E-state index contributed by atoms with van der Waals surface area (Å²) in [6.45, 7) is 2.16. The summed E-state index contributed by atoms with van der Waals surface area (Å²) in [5.41, 5.74) is -0.0239. The molecule has 0 aliphatic rings. The Morgan fingerprint density at radius 1 is 1.27 bits per heavy atom. The number of amides is 1. The number of nitrogens with zero attached hydrogens (tertiary/aromatic N) is 1. The predicted octanol–water partition coefficient (Wildman–Crippen LogP) is 3.64. The van der Waals surface area contributed by atoms with Crippen molar-refractivity contribution in [2.75, 3.05) is 12.4 Å². The quantitative estimate of drug-likeness (QED) is 0.732. The number of anilines is 1. The second-order valence-electron chi connectivity index (χ2n) is 5.59. The minimum absolute atomic E-state index is 0.306. The molecule has 0 spiro atoms. The summed E-state index contributed by atoms with van der Waals surface area (Å²) in [4.78, 5) is 25.5. The maximum Gasteiger partial charge on any atom is 0.267 e. The zero-order valence-electron chi connectivity index (χ0n) is 14.2. The Morgan fingerprint density at radius 2 is 2.00 bits per heavy atom. The number of aryl methyl sites for hydroxylation is 1. The SMILES string of the molecule is CCn1c(=O)c(C(=O)Nc2cc(Cl)ccc2OC)c(O)c2ccccc21. The van der Waals surface area contributed by atoms with E-state index in [1.165, 1.54) is 17.7 Å². The first-order valence-electron chi connectivity index (χ1n) is 7.97. The van der Waals surface area contributed by atoms with Gasteiger partial charge in [0, 0.05) is 17.0 Å². The number of carbonyl (C=O) groups excluding carboxylic acids is 1. The molecule has 26 heavy (non-hydrogen) atoms. The van der Waals surface area contributed by atoms with Crippen LogP contribution in [0.25, 0.3) is 10.9 Å². The van der Waals surface area contributed by atoms with Crippen LogP contribution in [-0.2, 0) is 6.54 Å². The van der Waals surface area contributed by atoms with Crippen molar-refractivity contribution in [3.63, 3.8) is 0 Å². The van der Waals surface area contributed by atoms with Gasteiger partial charge < -0.3 is 19.7 Å². The molecule has 0 saturated carbocycles. The Hall–Kier alpha value is -2.99. The number of benzene rings is 2. The standard InChI is InChI=1S/C19H17ClN2O4/c1-3-22-14-7-5-4-6-12(14)17(23)16(19(22)25)18(24)21-13-10-11(20)8-9-15(13)26-2/h4-10,23H,3H2,1-2H3,(H,21,24). The Kier molecular flexibility index (Phi) is 4.86. The Bertz CT molecular complexity index is 1060. The monoisotopic (exact) mass is 372 g/mol. The van der Waals surface area contributed by atoms with Crippen molar-refractivity contribution in [1.82, 2.24) is 4.57 Å². The van der Waals surface area contributed by atoms with Crippen molar-refractivity contribution in [3.8, 4) is 11.5 Å². The zero-order valence-corrected chi connectivity index (χ0v) is 15.0. The topological polar surface area (TPSA) is 80.6 Å². The van der Waals surface area contributed by atoms with E-state index < -0.39 is 11.5 Å². The molecular formula is C19H17ClN2O4. The van der Waals surface area contributed by atoms with E-state index in [1.54, 1.807) is 43.3 Å². The summed E-state index contributed by atoms with van der Waals surface area (Å²) < 4.78 is 6.64. The van der Waals surface area contributed by atoms with Gasteiger partial charge in [-0.05, 0) is 37.3 Å². The van der Waals surface area contributed by atoms with E-state index in [-0.39, 0.29) is 11.3 Å². The van der Waals surface area contributed by atoms with Crippen LogP contribution in [0.4, 0.5) is 5.69 Å². The van der Waals surface area contributed by atoms with Crippen LogP contribution in [0.15, 0.2) is 47.3 Å². The second kappa shape index (κ2) is 7.09. The molecule has 3 rings (SSSR count). The molecule has 0 radical (unpaired) electrons. The highest BCUT2D eigenvalue weighted by Crippen LogP contribution is 2.30. The second-order valence-corrected chi connectivity index (χ2v) is 6.03. The van der Waals surface area contributed by atoms with Crippen LogP contribution < -0.4 is 15.6 Å². The van der Waals surface area contributed by atoms with Crippen LogP contribution in [-0.4, -0.2) is 22.7 Å². The van der Waals surface area contributed by atoms with Gasteiger partial charge in [0.2, 0.25) is 0 Å². The number of methoxy groups -OCH3 is 1. The Morgan fingerprint density at radius 3 is 2.69 bits per heavy atom. The van der Waals surface area contributed by atoms with Gasteiger partial charge in [0.25, 0.3) is 11.5 Å². The number of para-hydroxylation sites is 1. The molecule has 0 aliphatic heterocycles. The molecule has 0 unspecified atom stereocenters. The fraction of sp³-hybridized carbons (Fsp3) is 0.158. The molecule has 0 saturated heterocycles. The van der Waals surface area contributed by atoms with Crippen LogP contribution in [0.1, 0.15) is 17.3 Å². The van der Waals surface area contributed by atoms with Gasteiger partial charge in [0.1, 0.15) is 17.1 Å². The molecule has 2 aromatic carbocycles. The third-order valence-electron chi connectivity index (χ3n) is 4.10. The average Bonchev–Trinajstić information content (AvgIpc) is 2.62. The first kappa shape index (κ1) is 17.8. The smallest absolute Gasteiger partial charge is 0.267 e. The van der Waals surface area contributed by atoms with E-state index in [1.807, 2.05) is 0 Å². The molecule has 0 fully saturated rings. The van der Waals surface area contributed by atoms with Gasteiger partial charge in [-0.25, -0.2) is 0 Å². The number of ether oxygens (including phenoxy) is 1. The maximum atomic E-state index is 12.8. The molecule has 1 heterocycles. The van der Waals surface area contributed by atoms with Gasteiger partial charge in [-0.3, -0.25) is 9.59 Å². The normalized spacial score (nSPS) is 10.7. The highest BCUT2D eigenvalue weighted by molar-refractivity contribution is 6.31. The zero-order chi connectivity index (χ0) is 18.8. The molecule has 3 aromatic rings. The first-order valence-corrected chi connectivity index (χ1v) is 8.35. The van der Waals surface area contributed by atoms with Crippen LogP contribution in [0.5, 0.6) is 11.5 Å². The van der Waals surface area contributed by atoms with Crippen LogP contribution in [0.2, 0.25) is 5.02 Å². The number of aromatic nitrogens is 1. The lowest BCUT2D eigenvalue weighted by Crippen LogP contribution is -2.29. The number of halogens is 1. The summed E-state index contributed by atoms with van der Waals surface area (Å²) in [7, 11) is 1.45. The summed E-state index contributed by atoms with van der Waals surface area (Å²) in [6, 6.07) is 11.6. The van der Waals surface area contributed by atoms with E-state index >= 15 is 0 Å². The predicted molar refractivity (Wildman–Crippen MR) is 102 cm³/mol. The minimum Gasteiger partial charge on any atom is -0.506 e. The molecule has 1 aromatic heterocycles. The fourth-order valence-electron chi connectivity index (χ4n) is 2.87. The lowest BCUT2D eigenvalue weighted by atomic mass is 10.1. The molecule has 134 valence electrons. The van der Waals surface area contributed by atoms with Crippen molar-refractivity contribution in [2.45, 2.75) is 13.5 Å². The van der Waals surface area contributed by atoms with Gasteiger partial charge in [-0.15, -0.1) is 0 Å². The van der Waals surface area contributed by atoms with Crippen molar-refractivity contribution in [3.05, 3.63) is 63.4 Å². The summed E-state index contributed by atoms with van der Waals surface area (Å²) in [5, 5.41) is 14.0. The molecule has 2 N–H and O–H groups in total. The summed E-state index contributed by atoms with van der Waals surface area (Å²) in [5.74, 6) is -0.700. The lowest BCUT2D eigenvalue weighted by Gasteiger charge is -2.14. The minimum atomic E-state index is -0.735. The van der Waals surface area contributed by atoms with Gasteiger partial charge >= 0.3 is 0 Å². The first-order chi connectivity index (χ1) is 12.5. The Labute approximate surface area is 154 Å². The fourth-order valence-corrected chi connectivity index (χ4v) is 3.04. The number of hydrogen-bond acceptors (Lipinski definition) is 4. The molecule has 7 heteroatoms. The average molecular weight is 373 g/mol. The number of nitrogens with one attached hydrogen (secondary N) is 1. The Balaban J connectivity index is 2.15. The van der Waals surface area contributed by atoms with E-state index in [4.69, 9.17) is 16.3 Å². The number of hydrogen-bond donors (Lipinski definition) is 2. The number of aromatic hydroxyl groups is 1. The van der Waals surface area contributed by atoms with Crippen molar-refractivity contribution >= 4 is 34.1 Å². The third-order valence-corrected chi connectivity index (χ3v) is 4.33. The summed E-state index contributed by atoms with van der Waals surface area (Å²) in [6.07, 6.45) is 0. The number of fused-ring (bicyclic) bond motifs is 1. The largest absolute Gasteiger partial charge is 0.506 e. The number of carbonyl (C=O) groups is 1. The molecule has 6 nitrogen and oxygen atoms in total. The van der Waals surface area contributed by atoms with Crippen LogP contribution in [0, 0.1) is 0 Å². The van der Waals surface area contributed by atoms with Crippen LogP contribution >= 0.6 is 11.6 Å². The van der Waals surface area contributed by atoms with E-state index in [0.717, 1.165) is 0 Å². The highest BCUT2D eigenvalue weighted by atomic mass is 35.5. The van der Waals surface area contributed by atoms with Crippen LogP contribution in [0.3, 0.4) is 0 Å². The number of rotatable bonds is 4. The molecule has 0 atom stereocenters. The van der Waals surface area contributed by atoms with E-state index in [2.05, 4.69) is 5.32 Å². The van der Waals surface area contributed by atoms with Gasteiger partial charge in [-0.2, -0.15) is 0 Å². The molecular weight excluding hydrogens is 356 g/mol. The van der Waals surface area contributed by atoms with Gasteiger partial charge in [0.15, 0.2) is 0 Å². The van der Waals surface area contributed by atoms with E-state index in [9.17, 15) is 14.7 Å². The molecule has 1 amide bonds. The molecule has 0 bridgehead atoms. The van der Waals surface area contributed by atoms with Crippen molar-refractivity contribution in [2.24, 2.45) is 0 Å². The maximum absolute atomic E-state index is 12.8.